The first-order valence-corrected chi connectivity index (χ1v) is 5.43. The lowest BCUT2D eigenvalue weighted by Gasteiger charge is -2.12. The first-order chi connectivity index (χ1) is 8.93. The Kier molecular flexibility index (Phi) is 4.99. The summed E-state index contributed by atoms with van der Waals surface area (Å²) >= 11 is 0. The third kappa shape index (κ3) is 4.38. The minimum absolute atomic E-state index is 0.0143. The zero-order valence-electron chi connectivity index (χ0n) is 10.4. The number of carbonyl (C=O) groups excluding carboxylic acids is 3. The highest BCUT2D eigenvalue weighted by Gasteiger charge is 2.20. The summed E-state index contributed by atoms with van der Waals surface area (Å²) in [5.74, 6) is -2.21. The second-order valence-electron chi connectivity index (χ2n) is 3.63. The fourth-order valence-corrected chi connectivity index (χ4v) is 1.17. The number of rotatable bonds is 3. The van der Waals surface area contributed by atoms with Crippen LogP contribution in [0.15, 0.2) is 24.3 Å². The van der Waals surface area contributed by atoms with Gasteiger partial charge < -0.3 is 10.1 Å². The predicted octanol–water partition coefficient (Wildman–Crippen LogP) is 0.827. The smallest absolute Gasteiger partial charge is 0.339 e. The lowest BCUT2D eigenvalue weighted by atomic mass is 10.2. The minimum Gasteiger partial charge on any atom is -0.449 e. The van der Waals surface area contributed by atoms with Crippen molar-refractivity contribution in [2.75, 3.05) is 7.05 Å². The van der Waals surface area contributed by atoms with Crippen molar-refractivity contribution in [1.29, 1.82) is 0 Å². The summed E-state index contributed by atoms with van der Waals surface area (Å²) in [6.07, 6.45) is -1.17. The van der Waals surface area contributed by atoms with Gasteiger partial charge in [-0.25, -0.2) is 14.0 Å². The van der Waals surface area contributed by atoms with Crippen LogP contribution in [-0.2, 0) is 9.53 Å². The Bertz CT molecular complexity index is 504. The van der Waals surface area contributed by atoms with Crippen molar-refractivity contribution in [3.05, 3.63) is 35.6 Å². The van der Waals surface area contributed by atoms with E-state index in [0.29, 0.717) is 0 Å². The van der Waals surface area contributed by atoms with Crippen LogP contribution in [0.1, 0.15) is 17.3 Å². The molecule has 0 bridgehead atoms. The maximum atomic E-state index is 12.9. The van der Waals surface area contributed by atoms with E-state index in [1.807, 2.05) is 5.32 Å². The lowest BCUT2D eigenvalue weighted by molar-refractivity contribution is -0.127. The van der Waals surface area contributed by atoms with Crippen molar-refractivity contribution in [2.45, 2.75) is 13.0 Å². The van der Waals surface area contributed by atoms with E-state index in [-0.39, 0.29) is 5.56 Å². The molecule has 0 spiro atoms. The molecular formula is C12H13FN2O4. The Morgan fingerprint density at radius 1 is 1.32 bits per heavy atom. The fraction of sp³-hybridized carbons (Fsp3) is 0.250. The zero-order chi connectivity index (χ0) is 14.4. The van der Waals surface area contributed by atoms with Gasteiger partial charge in [-0.3, -0.25) is 10.1 Å². The van der Waals surface area contributed by atoms with Crippen LogP contribution in [0, 0.1) is 5.82 Å². The molecule has 7 heteroatoms. The molecule has 0 fully saturated rings. The standard InChI is InChI=1S/C12H13FN2O4/c1-7(10(16)15-12(18)14-2)19-11(17)8-4-3-5-9(13)6-8/h3-7H,1-2H3,(H2,14,15,16,18). The van der Waals surface area contributed by atoms with Crippen LogP contribution in [0.4, 0.5) is 9.18 Å². The third-order valence-electron chi connectivity index (χ3n) is 2.18. The van der Waals surface area contributed by atoms with Crippen molar-refractivity contribution >= 4 is 17.9 Å². The maximum Gasteiger partial charge on any atom is 0.339 e. The molecule has 0 aliphatic rings. The first kappa shape index (κ1) is 14.6. The highest BCUT2D eigenvalue weighted by molar-refractivity contribution is 5.98. The number of hydrogen-bond acceptors (Lipinski definition) is 4. The highest BCUT2D eigenvalue weighted by atomic mass is 19.1. The van der Waals surface area contributed by atoms with Gasteiger partial charge in [0.05, 0.1) is 5.56 Å². The average Bonchev–Trinajstić information content (AvgIpc) is 2.38. The van der Waals surface area contributed by atoms with E-state index in [9.17, 15) is 18.8 Å². The van der Waals surface area contributed by atoms with Gasteiger partial charge in [0.15, 0.2) is 6.10 Å². The molecular weight excluding hydrogens is 255 g/mol. The molecule has 0 aliphatic carbocycles. The second kappa shape index (κ2) is 6.48. The fourth-order valence-electron chi connectivity index (χ4n) is 1.17. The van der Waals surface area contributed by atoms with E-state index in [2.05, 4.69) is 5.32 Å². The molecule has 1 aromatic carbocycles. The molecule has 1 rings (SSSR count). The van der Waals surface area contributed by atoms with Crippen LogP contribution >= 0.6 is 0 Å². The van der Waals surface area contributed by atoms with E-state index in [4.69, 9.17) is 4.74 Å². The number of carbonyl (C=O) groups is 3. The molecule has 0 saturated heterocycles. The number of urea groups is 1. The van der Waals surface area contributed by atoms with E-state index >= 15 is 0 Å². The number of imide groups is 1. The molecule has 0 heterocycles. The number of benzene rings is 1. The van der Waals surface area contributed by atoms with Gasteiger partial charge in [-0.1, -0.05) is 6.07 Å². The van der Waals surface area contributed by atoms with Gasteiger partial charge in [-0.05, 0) is 25.1 Å². The molecule has 0 radical (unpaired) electrons. The van der Waals surface area contributed by atoms with E-state index < -0.39 is 29.8 Å². The quantitative estimate of drug-likeness (QED) is 0.795. The molecule has 0 aromatic heterocycles. The van der Waals surface area contributed by atoms with E-state index in [1.54, 1.807) is 0 Å². The van der Waals surface area contributed by atoms with Crippen molar-refractivity contribution in [2.24, 2.45) is 0 Å². The van der Waals surface area contributed by atoms with Gasteiger partial charge in [-0.15, -0.1) is 0 Å². The van der Waals surface area contributed by atoms with Gasteiger partial charge in [0.25, 0.3) is 5.91 Å². The molecule has 2 N–H and O–H groups in total. The van der Waals surface area contributed by atoms with Crippen molar-refractivity contribution in [1.82, 2.24) is 10.6 Å². The van der Waals surface area contributed by atoms with Crippen LogP contribution in [-0.4, -0.2) is 31.1 Å². The summed E-state index contributed by atoms with van der Waals surface area (Å²) in [4.78, 5) is 33.9. The highest BCUT2D eigenvalue weighted by Crippen LogP contribution is 2.07. The Balaban J connectivity index is 2.61. The SMILES string of the molecule is CNC(=O)NC(=O)C(C)OC(=O)c1cccc(F)c1. The lowest BCUT2D eigenvalue weighted by Crippen LogP contribution is -2.43. The second-order valence-corrected chi connectivity index (χ2v) is 3.63. The van der Waals surface area contributed by atoms with Gasteiger partial charge in [0.2, 0.25) is 0 Å². The summed E-state index contributed by atoms with van der Waals surface area (Å²) in [5.41, 5.74) is -0.0143. The third-order valence-corrected chi connectivity index (χ3v) is 2.18. The number of ether oxygens (including phenoxy) is 1. The van der Waals surface area contributed by atoms with Crippen molar-refractivity contribution < 1.29 is 23.5 Å². The van der Waals surface area contributed by atoms with E-state index in [0.717, 1.165) is 6.07 Å². The zero-order valence-corrected chi connectivity index (χ0v) is 10.4. The molecule has 1 aromatic rings. The van der Waals surface area contributed by atoms with Crippen molar-refractivity contribution in [3.63, 3.8) is 0 Å². The minimum atomic E-state index is -1.17. The Labute approximate surface area is 108 Å². The molecule has 1 atom stereocenters. The predicted molar refractivity (Wildman–Crippen MR) is 63.9 cm³/mol. The normalized spacial score (nSPS) is 11.3. The molecule has 19 heavy (non-hydrogen) atoms. The number of amides is 3. The first-order valence-electron chi connectivity index (χ1n) is 5.43. The Hall–Kier alpha value is -2.44. The van der Waals surface area contributed by atoms with Gasteiger partial charge in [-0.2, -0.15) is 0 Å². The largest absolute Gasteiger partial charge is 0.449 e. The number of halogens is 1. The summed E-state index contributed by atoms with van der Waals surface area (Å²) in [5, 5.41) is 4.14. The van der Waals surface area contributed by atoms with Gasteiger partial charge in [0.1, 0.15) is 5.82 Å². The summed E-state index contributed by atoms with van der Waals surface area (Å²) in [6.45, 7) is 1.30. The average molecular weight is 268 g/mol. The van der Waals surface area contributed by atoms with Crippen LogP contribution in [0.2, 0.25) is 0 Å². The van der Waals surface area contributed by atoms with Crippen LogP contribution < -0.4 is 10.6 Å². The molecule has 0 aliphatic heterocycles. The van der Waals surface area contributed by atoms with Gasteiger partial charge >= 0.3 is 12.0 Å². The van der Waals surface area contributed by atoms with Crippen molar-refractivity contribution in [3.8, 4) is 0 Å². The van der Waals surface area contributed by atoms with Crippen LogP contribution in [0.5, 0.6) is 0 Å². The molecule has 3 amide bonds. The Morgan fingerprint density at radius 2 is 2.00 bits per heavy atom. The summed E-state index contributed by atoms with van der Waals surface area (Å²) < 4.78 is 17.7. The number of nitrogens with one attached hydrogen (secondary N) is 2. The number of esters is 1. The molecule has 6 nitrogen and oxygen atoms in total. The molecule has 0 saturated carbocycles. The number of hydrogen-bond donors (Lipinski definition) is 2. The molecule has 102 valence electrons. The van der Waals surface area contributed by atoms with E-state index in [1.165, 1.54) is 32.2 Å². The molecule has 1 unspecified atom stereocenters. The van der Waals surface area contributed by atoms with Crippen LogP contribution in [0.3, 0.4) is 0 Å². The summed E-state index contributed by atoms with van der Waals surface area (Å²) in [7, 11) is 1.34. The monoisotopic (exact) mass is 268 g/mol. The maximum absolute atomic E-state index is 12.9. The summed E-state index contributed by atoms with van der Waals surface area (Å²) in [6, 6.07) is 4.17. The van der Waals surface area contributed by atoms with Gasteiger partial charge in [0, 0.05) is 7.05 Å². The Morgan fingerprint density at radius 3 is 2.58 bits per heavy atom. The van der Waals surface area contributed by atoms with Crippen LogP contribution in [0.25, 0.3) is 0 Å². The topological polar surface area (TPSA) is 84.5 Å².